The molecular formula is C14H23N. The Morgan fingerprint density at radius 1 is 1.07 bits per heavy atom. The third kappa shape index (κ3) is 3.67. The van der Waals surface area contributed by atoms with Gasteiger partial charge in [0.1, 0.15) is 0 Å². The molecule has 1 aromatic rings. The van der Waals surface area contributed by atoms with Gasteiger partial charge in [0, 0.05) is 12.1 Å². The van der Waals surface area contributed by atoms with E-state index in [9.17, 15) is 0 Å². The zero-order valence-electron chi connectivity index (χ0n) is 10.5. The molecule has 84 valence electrons. The molecular weight excluding hydrogens is 182 g/mol. The van der Waals surface area contributed by atoms with Crippen molar-refractivity contribution in [3.05, 3.63) is 35.4 Å². The Balaban J connectivity index is 2.64. The van der Waals surface area contributed by atoms with Crippen LogP contribution >= 0.6 is 0 Å². The highest BCUT2D eigenvalue weighted by Gasteiger charge is 2.11. The van der Waals surface area contributed by atoms with Gasteiger partial charge in [0.2, 0.25) is 0 Å². The third-order valence-corrected chi connectivity index (χ3v) is 3.06. The van der Waals surface area contributed by atoms with Crippen molar-refractivity contribution in [2.75, 3.05) is 0 Å². The molecule has 1 nitrogen and oxygen atoms in total. The summed E-state index contributed by atoms with van der Waals surface area (Å²) in [5, 5.41) is 3.62. The molecule has 0 fully saturated rings. The monoisotopic (exact) mass is 205 g/mol. The van der Waals surface area contributed by atoms with Crippen molar-refractivity contribution in [2.45, 2.75) is 46.7 Å². The van der Waals surface area contributed by atoms with E-state index in [1.54, 1.807) is 0 Å². The average molecular weight is 205 g/mol. The summed E-state index contributed by atoms with van der Waals surface area (Å²) in [4.78, 5) is 0. The van der Waals surface area contributed by atoms with E-state index >= 15 is 0 Å². The van der Waals surface area contributed by atoms with Gasteiger partial charge >= 0.3 is 0 Å². The van der Waals surface area contributed by atoms with Crippen LogP contribution in [0.25, 0.3) is 0 Å². The Labute approximate surface area is 93.9 Å². The highest BCUT2D eigenvalue weighted by atomic mass is 14.9. The van der Waals surface area contributed by atoms with Crippen LogP contribution in [0.3, 0.4) is 0 Å². The molecule has 0 aromatic heterocycles. The van der Waals surface area contributed by atoms with Crippen molar-refractivity contribution >= 4 is 0 Å². The van der Waals surface area contributed by atoms with Crippen molar-refractivity contribution in [3.8, 4) is 0 Å². The smallest absolute Gasteiger partial charge is 0.0294 e. The maximum Gasteiger partial charge on any atom is 0.0294 e. The normalized spacial score (nSPS) is 15.3. The molecule has 0 saturated heterocycles. The van der Waals surface area contributed by atoms with Gasteiger partial charge in [-0.05, 0) is 32.3 Å². The lowest BCUT2D eigenvalue weighted by molar-refractivity contribution is 0.389. The molecule has 1 heteroatoms. The first-order valence-corrected chi connectivity index (χ1v) is 5.83. The van der Waals surface area contributed by atoms with Gasteiger partial charge in [0.05, 0.1) is 0 Å². The van der Waals surface area contributed by atoms with E-state index in [1.807, 2.05) is 0 Å². The first-order valence-electron chi connectivity index (χ1n) is 5.83. The molecule has 2 unspecified atom stereocenters. The third-order valence-electron chi connectivity index (χ3n) is 3.06. The van der Waals surface area contributed by atoms with Crippen LogP contribution in [0.5, 0.6) is 0 Å². The van der Waals surface area contributed by atoms with Crippen LogP contribution < -0.4 is 5.32 Å². The highest BCUT2D eigenvalue weighted by molar-refractivity contribution is 5.24. The van der Waals surface area contributed by atoms with Crippen molar-refractivity contribution in [1.29, 1.82) is 0 Å². The number of benzene rings is 1. The summed E-state index contributed by atoms with van der Waals surface area (Å²) in [7, 11) is 0. The molecule has 0 spiro atoms. The minimum Gasteiger partial charge on any atom is -0.307 e. The van der Waals surface area contributed by atoms with Crippen LogP contribution in [0.2, 0.25) is 0 Å². The van der Waals surface area contributed by atoms with Crippen LogP contribution in [-0.2, 0) is 0 Å². The first kappa shape index (κ1) is 12.3. The lowest BCUT2D eigenvalue weighted by Gasteiger charge is -2.23. The van der Waals surface area contributed by atoms with E-state index in [0.29, 0.717) is 18.0 Å². The lowest BCUT2D eigenvalue weighted by atomic mass is 10.0. The molecule has 0 amide bonds. The molecule has 0 aliphatic heterocycles. The lowest BCUT2D eigenvalue weighted by Crippen LogP contribution is -2.32. The summed E-state index contributed by atoms with van der Waals surface area (Å²) in [5.74, 6) is 0.678. The minimum absolute atomic E-state index is 0.433. The molecule has 0 heterocycles. The van der Waals surface area contributed by atoms with Crippen LogP contribution in [0.15, 0.2) is 24.3 Å². The topological polar surface area (TPSA) is 12.0 Å². The molecule has 2 atom stereocenters. The van der Waals surface area contributed by atoms with Gasteiger partial charge < -0.3 is 5.32 Å². The highest BCUT2D eigenvalue weighted by Crippen LogP contribution is 2.15. The van der Waals surface area contributed by atoms with Crippen LogP contribution in [0.4, 0.5) is 0 Å². The fourth-order valence-corrected chi connectivity index (χ4v) is 1.62. The van der Waals surface area contributed by atoms with Crippen LogP contribution in [-0.4, -0.2) is 6.04 Å². The number of aryl methyl sites for hydroxylation is 1. The van der Waals surface area contributed by atoms with E-state index in [2.05, 4.69) is 64.2 Å². The van der Waals surface area contributed by atoms with Gasteiger partial charge in [-0.2, -0.15) is 0 Å². The van der Waals surface area contributed by atoms with Crippen molar-refractivity contribution in [1.82, 2.24) is 5.32 Å². The maximum atomic E-state index is 3.62. The number of nitrogens with one attached hydrogen (secondary N) is 1. The standard InChI is InChI=1S/C14H23N/c1-10(2)12(4)15-13(5)14-8-6-7-11(3)9-14/h6-10,12-13,15H,1-5H3. The second-order valence-electron chi connectivity index (χ2n) is 4.84. The summed E-state index contributed by atoms with van der Waals surface area (Å²) < 4.78 is 0. The van der Waals surface area contributed by atoms with Crippen LogP contribution in [0.1, 0.15) is 44.9 Å². The molecule has 0 bridgehead atoms. The Bertz CT molecular complexity index is 304. The molecule has 0 saturated carbocycles. The molecule has 0 aliphatic rings. The zero-order chi connectivity index (χ0) is 11.4. The van der Waals surface area contributed by atoms with Crippen molar-refractivity contribution in [2.24, 2.45) is 5.92 Å². The van der Waals surface area contributed by atoms with Gasteiger partial charge in [-0.3, -0.25) is 0 Å². The van der Waals surface area contributed by atoms with E-state index in [0.717, 1.165) is 0 Å². The molecule has 1 N–H and O–H groups in total. The largest absolute Gasteiger partial charge is 0.307 e. The Morgan fingerprint density at radius 2 is 1.73 bits per heavy atom. The summed E-state index contributed by atoms with van der Waals surface area (Å²) >= 11 is 0. The quantitative estimate of drug-likeness (QED) is 0.790. The van der Waals surface area contributed by atoms with Crippen LogP contribution in [0, 0.1) is 12.8 Å². The van der Waals surface area contributed by atoms with E-state index in [1.165, 1.54) is 11.1 Å². The van der Waals surface area contributed by atoms with E-state index in [-0.39, 0.29) is 0 Å². The summed E-state index contributed by atoms with van der Waals surface area (Å²) in [6, 6.07) is 9.70. The van der Waals surface area contributed by atoms with E-state index < -0.39 is 0 Å². The summed E-state index contributed by atoms with van der Waals surface area (Å²) in [6.07, 6.45) is 0. The molecule has 0 aliphatic carbocycles. The maximum absolute atomic E-state index is 3.62. The Morgan fingerprint density at radius 3 is 2.27 bits per heavy atom. The van der Waals surface area contributed by atoms with Gasteiger partial charge in [-0.1, -0.05) is 43.7 Å². The van der Waals surface area contributed by atoms with E-state index in [4.69, 9.17) is 0 Å². The first-order chi connectivity index (χ1) is 7.00. The summed E-state index contributed by atoms with van der Waals surface area (Å²) in [6.45, 7) is 11.1. The second-order valence-corrected chi connectivity index (χ2v) is 4.84. The SMILES string of the molecule is Cc1cccc(C(C)NC(C)C(C)C)c1. The fourth-order valence-electron chi connectivity index (χ4n) is 1.62. The predicted octanol–water partition coefficient (Wildman–Crippen LogP) is 3.69. The minimum atomic E-state index is 0.433. The van der Waals surface area contributed by atoms with Gasteiger partial charge in [-0.15, -0.1) is 0 Å². The number of rotatable bonds is 4. The fraction of sp³-hybridized carbons (Fsp3) is 0.571. The molecule has 15 heavy (non-hydrogen) atoms. The summed E-state index contributed by atoms with van der Waals surface area (Å²) in [5.41, 5.74) is 2.71. The zero-order valence-corrected chi connectivity index (χ0v) is 10.5. The Hall–Kier alpha value is -0.820. The average Bonchev–Trinajstić information content (AvgIpc) is 2.17. The van der Waals surface area contributed by atoms with Gasteiger partial charge in [0.15, 0.2) is 0 Å². The molecule has 1 rings (SSSR count). The second kappa shape index (κ2) is 5.32. The number of hydrogen-bond donors (Lipinski definition) is 1. The molecule has 0 radical (unpaired) electrons. The van der Waals surface area contributed by atoms with Gasteiger partial charge in [0.25, 0.3) is 0 Å². The van der Waals surface area contributed by atoms with Gasteiger partial charge in [-0.25, -0.2) is 0 Å². The van der Waals surface area contributed by atoms with Crippen molar-refractivity contribution in [3.63, 3.8) is 0 Å². The van der Waals surface area contributed by atoms with Crippen molar-refractivity contribution < 1.29 is 0 Å². The Kier molecular flexibility index (Phi) is 4.34. The predicted molar refractivity (Wildman–Crippen MR) is 67.0 cm³/mol. The number of hydrogen-bond acceptors (Lipinski definition) is 1. The molecule has 1 aromatic carbocycles.